The zero-order valence-electron chi connectivity index (χ0n) is 17.8. The lowest BCUT2D eigenvalue weighted by atomic mass is 9.94. The molecule has 32 heavy (non-hydrogen) atoms. The van der Waals surface area contributed by atoms with Crippen molar-refractivity contribution in [2.45, 2.75) is 19.3 Å². The summed E-state index contributed by atoms with van der Waals surface area (Å²) in [7, 11) is 1.81. The summed E-state index contributed by atoms with van der Waals surface area (Å²) in [6.45, 7) is 1.38. The summed E-state index contributed by atoms with van der Waals surface area (Å²) < 4.78 is 7.09. The molecule has 1 saturated heterocycles. The molecule has 1 unspecified atom stereocenters. The zero-order valence-corrected chi connectivity index (χ0v) is 17.8. The molecular formula is C23H23N7O2. The van der Waals surface area contributed by atoms with Gasteiger partial charge in [-0.15, -0.1) is 0 Å². The second-order valence-corrected chi connectivity index (χ2v) is 7.97. The van der Waals surface area contributed by atoms with E-state index in [2.05, 4.69) is 25.2 Å². The van der Waals surface area contributed by atoms with Crippen molar-refractivity contribution in [3.05, 3.63) is 66.6 Å². The van der Waals surface area contributed by atoms with Crippen LogP contribution in [0.15, 0.2) is 59.5 Å². The molecule has 0 radical (unpaired) electrons. The molecule has 1 atom stereocenters. The van der Waals surface area contributed by atoms with Crippen LogP contribution >= 0.6 is 0 Å². The van der Waals surface area contributed by atoms with Gasteiger partial charge < -0.3 is 9.42 Å². The minimum atomic E-state index is -0.00217. The van der Waals surface area contributed by atoms with E-state index in [1.54, 1.807) is 23.3 Å². The molecule has 3 aromatic heterocycles. The quantitative estimate of drug-likeness (QED) is 0.480. The number of carbonyl (C=O) groups is 1. The Morgan fingerprint density at radius 2 is 2.06 bits per heavy atom. The first-order valence-electron chi connectivity index (χ1n) is 10.6. The van der Waals surface area contributed by atoms with Gasteiger partial charge in [-0.3, -0.25) is 14.5 Å². The van der Waals surface area contributed by atoms with Crippen molar-refractivity contribution in [3.63, 3.8) is 0 Å². The van der Waals surface area contributed by atoms with E-state index in [1.807, 2.05) is 48.3 Å². The minimum absolute atomic E-state index is 0.00217. The maximum atomic E-state index is 13.3. The van der Waals surface area contributed by atoms with Gasteiger partial charge in [-0.25, -0.2) is 4.98 Å². The van der Waals surface area contributed by atoms with Crippen LogP contribution in [0.5, 0.6) is 0 Å². The number of amides is 1. The van der Waals surface area contributed by atoms with Gasteiger partial charge in [0.2, 0.25) is 11.7 Å². The van der Waals surface area contributed by atoms with Gasteiger partial charge in [-0.05, 0) is 24.8 Å². The average Bonchev–Trinajstić information content (AvgIpc) is 3.47. The molecule has 1 amide bonds. The lowest BCUT2D eigenvalue weighted by Crippen LogP contribution is -2.41. The largest absolute Gasteiger partial charge is 0.339 e. The van der Waals surface area contributed by atoms with Gasteiger partial charge in [-0.2, -0.15) is 10.1 Å². The summed E-state index contributed by atoms with van der Waals surface area (Å²) in [6.07, 6.45) is 7.37. The van der Waals surface area contributed by atoms with Crippen LogP contribution in [0.3, 0.4) is 0 Å². The first-order valence-corrected chi connectivity index (χ1v) is 10.6. The van der Waals surface area contributed by atoms with Crippen molar-refractivity contribution in [1.82, 2.24) is 34.8 Å². The van der Waals surface area contributed by atoms with E-state index >= 15 is 0 Å². The van der Waals surface area contributed by atoms with Gasteiger partial charge in [0.05, 0.1) is 11.9 Å². The van der Waals surface area contributed by atoms with Crippen molar-refractivity contribution in [2.75, 3.05) is 13.1 Å². The molecule has 0 aliphatic carbocycles. The molecule has 4 heterocycles. The van der Waals surface area contributed by atoms with Gasteiger partial charge in [0.1, 0.15) is 11.4 Å². The van der Waals surface area contributed by atoms with Crippen LogP contribution < -0.4 is 0 Å². The standard InChI is InChI=1S/C23H23N7O2/c1-29-20(13-18(27-29)17-7-3-2-4-8-17)23(31)30-11-5-6-16(15-30)12-21-26-22(28-32-21)19-14-24-9-10-25-19/h2-4,7-10,13-14,16H,5-6,11-12,15H2,1H3. The number of carbonyl (C=O) groups excluding carboxylic acids is 1. The summed E-state index contributed by atoms with van der Waals surface area (Å²) in [4.78, 5) is 27.8. The zero-order chi connectivity index (χ0) is 21.9. The Morgan fingerprint density at radius 3 is 2.88 bits per heavy atom. The van der Waals surface area contributed by atoms with Gasteiger partial charge in [0.15, 0.2) is 0 Å². The van der Waals surface area contributed by atoms with E-state index in [0.29, 0.717) is 36.1 Å². The Kier molecular flexibility index (Phi) is 5.45. The normalized spacial score (nSPS) is 16.3. The lowest BCUT2D eigenvalue weighted by molar-refractivity contribution is 0.0657. The number of aromatic nitrogens is 6. The van der Waals surface area contributed by atoms with Crippen LogP contribution in [-0.4, -0.2) is 53.8 Å². The molecule has 9 heteroatoms. The van der Waals surface area contributed by atoms with E-state index in [0.717, 1.165) is 30.6 Å². The summed E-state index contributed by atoms with van der Waals surface area (Å²) in [5.41, 5.74) is 2.96. The number of nitrogens with zero attached hydrogens (tertiary/aromatic N) is 7. The SMILES string of the molecule is Cn1nc(-c2ccccc2)cc1C(=O)N1CCCC(Cc2nc(-c3cnccn3)no2)C1. The number of likely N-dealkylation sites (tertiary alicyclic amines) is 1. The molecule has 1 aliphatic heterocycles. The Hall–Kier alpha value is -3.88. The molecule has 0 N–H and O–H groups in total. The molecule has 1 aromatic carbocycles. The Balaban J connectivity index is 1.27. The van der Waals surface area contributed by atoms with Crippen molar-refractivity contribution >= 4 is 5.91 Å². The summed E-state index contributed by atoms with van der Waals surface area (Å²) in [5, 5.41) is 8.56. The fourth-order valence-corrected chi connectivity index (χ4v) is 4.10. The number of benzene rings is 1. The summed E-state index contributed by atoms with van der Waals surface area (Å²) in [6, 6.07) is 11.8. The van der Waals surface area contributed by atoms with Gasteiger partial charge in [-0.1, -0.05) is 35.5 Å². The highest BCUT2D eigenvalue weighted by atomic mass is 16.5. The third-order valence-corrected chi connectivity index (χ3v) is 5.70. The maximum absolute atomic E-state index is 13.3. The number of aryl methyl sites for hydroxylation is 1. The monoisotopic (exact) mass is 429 g/mol. The Morgan fingerprint density at radius 1 is 1.19 bits per heavy atom. The Labute approximate surface area is 185 Å². The van der Waals surface area contributed by atoms with E-state index in [1.165, 1.54) is 0 Å². The summed E-state index contributed by atoms with van der Waals surface area (Å²) >= 11 is 0. The number of hydrogen-bond acceptors (Lipinski definition) is 7. The first-order chi connectivity index (χ1) is 15.7. The summed E-state index contributed by atoms with van der Waals surface area (Å²) in [5.74, 6) is 1.24. The minimum Gasteiger partial charge on any atom is -0.339 e. The average molecular weight is 429 g/mol. The highest BCUT2D eigenvalue weighted by Gasteiger charge is 2.28. The van der Waals surface area contributed by atoms with Crippen LogP contribution in [-0.2, 0) is 13.5 Å². The van der Waals surface area contributed by atoms with Crippen LogP contribution in [0.4, 0.5) is 0 Å². The van der Waals surface area contributed by atoms with Gasteiger partial charge in [0, 0.05) is 44.5 Å². The van der Waals surface area contributed by atoms with E-state index in [4.69, 9.17) is 4.52 Å². The van der Waals surface area contributed by atoms with Gasteiger partial charge in [0.25, 0.3) is 5.91 Å². The Bertz CT molecular complexity index is 1200. The van der Waals surface area contributed by atoms with Crippen molar-refractivity contribution < 1.29 is 9.32 Å². The molecule has 1 fully saturated rings. The van der Waals surface area contributed by atoms with Gasteiger partial charge >= 0.3 is 0 Å². The highest BCUT2D eigenvalue weighted by Crippen LogP contribution is 2.24. The predicted octanol–water partition coefficient (Wildman–Crippen LogP) is 3.02. The number of hydrogen-bond donors (Lipinski definition) is 0. The second kappa shape index (κ2) is 8.70. The second-order valence-electron chi connectivity index (χ2n) is 7.97. The molecule has 9 nitrogen and oxygen atoms in total. The number of rotatable bonds is 5. The van der Waals surface area contributed by atoms with Crippen LogP contribution in [0.2, 0.25) is 0 Å². The van der Waals surface area contributed by atoms with Crippen molar-refractivity contribution in [2.24, 2.45) is 13.0 Å². The maximum Gasteiger partial charge on any atom is 0.272 e. The molecular weight excluding hydrogens is 406 g/mol. The molecule has 4 aromatic rings. The molecule has 1 aliphatic rings. The topological polar surface area (TPSA) is 103 Å². The van der Waals surface area contributed by atoms with Crippen LogP contribution in [0.1, 0.15) is 29.2 Å². The first kappa shape index (κ1) is 20.0. The lowest BCUT2D eigenvalue weighted by Gasteiger charge is -2.32. The third-order valence-electron chi connectivity index (χ3n) is 5.70. The van der Waals surface area contributed by atoms with Crippen molar-refractivity contribution in [3.8, 4) is 22.8 Å². The molecule has 0 saturated carbocycles. The van der Waals surface area contributed by atoms with Crippen molar-refractivity contribution in [1.29, 1.82) is 0 Å². The fourth-order valence-electron chi connectivity index (χ4n) is 4.10. The molecule has 0 spiro atoms. The van der Waals surface area contributed by atoms with E-state index in [9.17, 15) is 4.79 Å². The smallest absolute Gasteiger partial charge is 0.272 e. The predicted molar refractivity (Wildman–Crippen MR) is 116 cm³/mol. The molecule has 0 bridgehead atoms. The highest BCUT2D eigenvalue weighted by molar-refractivity contribution is 5.93. The van der Waals surface area contributed by atoms with E-state index < -0.39 is 0 Å². The molecule has 162 valence electrons. The number of piperidine rings is 1. The molecule has 5 rings (SSSR count). The fraction of sp³-hybridized carbons (Fsp3) is 0.304. The van der Waals surface area contributed by atoms with Crippen LogP contribution in [0, 0.1) is 5.92 Å². The van der Waals surface area contributed by atoms with E-state index in [-0.39, 0.29) is 11.8 Å². The third kappa shape index (κ3) is 4.14. The van der Waals surface area contributed by atoms with Crippen LogP contribution in [0.25, 0.3) is 22.8 Å².